The van der Waals surface area contributed by atoms with Crippen LogP contribution in [0.1, 0.15) is 11.3 Å². The number of nitrogens with zero attached hydrogens (tertiary/aromatic N) is 4. The summed E-state index contributed by atoms with van der Waals surface area (Å²) in [5, 5.41) is 4.32. The van der Waals surface area contributed by atoms with Crippen molar-refractivity contribution in [2.75, 3.05) is 4.31 Å². The maximum absolute atomic E-state index is 13.5. The molecular formula is C20H16N4O2S. The van der Waals surface area contributed by atoms with Crippen molar-refractivity contribution in [3.63, 3.8) is 0 Å². The van der Waals surface area contributed by atoms with E-state index in [0.29, 0.717) is 17.0 Å². The van der Waals surface area contributed by atoms with Gasteiger partial charge in [-0.05, 0) is 18.6 Å². The van der Waals surface area contributed by atoms with Gasteiger partial charge >= 0.3 is 0 Å². The van der Waals surface area contributed by atoms with Gasteiger partial charge < -0.3 is 0 Å². The van der Waals surface area contributed by atoms with Crippen molar-refractivity contribution < 1.29 is 8.42 Å². The van der Waals surface area contributed by atoms with E-state index in [1.807, 2.05) is 67.6 Å². The fourth-order valence-corrected chi connectivity index (χ4v) is 5.07. The minimum absolute atomic E-state index is 0.174. The minimum atomic E-state index is -3.77. The molecular weight excluding hydrogens is 360 g/mol. The summed E-state index contributed by atoms with van der Waals surface area (Å²) in [4.78, 5) is 4.78. The van der Waals surface area contributed by atoms with Crippen molar-refractivity contribution in [3.8, 4) is 11.3 Å². The predicted molar refractivity (Wildman–Crippen MR) is 103 cm³/mol. The van der Waals surface area contributed by atoms with Gasteiger partial charge in [-0.25, -0.2) is 17.9 Å². The van der Waals surface area contributed by atoms with E-state index in [2.05, 4.69) is 10.1 Å². The van der Waals surface area contributed by atoms with Gasteiger partial charge in [-0.2, -0.15) is 5.10 Å². The first-order valence-electron chi connectivity index (χ1n) is 8.57. The van der Waals surface area contributed by atoms with Gasteiger partial charge in [-0.15, -0.1) is 0 Å². The molecule has 0 radical (unpaired) electrons. The molecule has 0 fully saturated rings. The molecule has 0 unspecified atom stereocenters. The second-order valence-electron chi connectivity index (χ2n) is 6.56. The van der Waals surface area contributed by atoms with Crippen molar-refractivity contribution in [2.45, 2.75) is 18.4 Å². The zero-order valence-electron chi connectivity index (χ0n) is 14.6. The van der Waals surface area contributed by atoms with Crippen LogP contribution >= 0.6 is 0 Å². The number of aromatic nitrogens is 3. The zero-order valence-corrected chi connectivity index (χ0v) is 15.4. The molecule has 0 saturated carbocycles. The first-order chi connectivity index (χ1) is 13.0. The predicted octanol–water partition coefficient (Wildman–Crippen LogP) is 3.41. The normalized spacial score (nSPS) is 14.8. The summed E-state index contributed by atoms with van der Waals surface area (Å²) >= 11 is 0. The average Bonchev–Trinajstić information content (AvgIpc) is 3.04. The molecule has 0 atom stereocenters. The first kappa shape index (κ1) is 16.0. The quantitative estimate of drug-likeness (QED) is 0.538. The summed E-state index contributed by atoms with van der Waals surface area (Å²) in [6.07, 6.45) is 1.56. The summed E-state index contributed by atoms with van der Waals surface area (Å²) in [5.41, 5.74) is 4.26. The third-order valence-corrected chi connectivity index (χ3v) is 6.46. The molecule has 0 aliphatic carbocycles. The van der Waals surface area contributed by atoms with Gasteiger partial charge in [0.25, 0.3) is 10.0 Å². The summed E-state index contributed by atoms with van der Waals surface area (Å²) in [6, 6.07) is 18.9. The molecule has 1 aliphatic heterocycles. The number of benzene rings is 2. The number of sulfonamides is 1. The highest BCUT2D eigenvalue weighted by Gasteiger charge is 2.36. The second kappa shape index (κ2) is 5.65. The molecule has 3 heterocycles. The lowest BCUT2D eigenvalue weighted by Crippen LogP contribution is -2.34. The lowest BCUT2D eigenvalue weighted by Gasteiger charge is -2.31. The van der Waals surface area contributed by atoms with E-state index in [1.165, 1.54) is 8.82 Å². The summed E-state index contributed by atoms with van der Waals surface area (Å²) in [6.45, 7) is 2.12. The van der Waals surface area contributed by atoms with Crippen molar-refractivity contribution in [1.29, 1.82) is 0 Å². The highest BCUT2D eigenvalue weighted by molar-refractivity contribution is 7.93. The molecule has 0 amide bonds. The summed E-state index contributed by atoms with van der Waals surface area (Å²) in [7, 11) is -3.77. The van der Waals surface area contributed by atoms with Gasteiger partial charge in [0.1, 0.15) is 4.90 Å². The van der Waals surface area contributed by atoms with Crippen molar-refractivity contribution in [3.05, 3.63) is 78.1 Å². The molecule has 2 aromatic heterocycles. The number of anilines is 1. The SMILES string of the molecule is Cc1cc2nc3c(cn2n1)S(=O)(=O)N(Cc1ccccc1)c1ccccc1-3. The molecule has 6 nitrogen and oxygen atoms in total. The number of rotatable bonds is 2. The van der Waals surface area contributed by atoms with E-state index < -0.39 is 10.0 Å². The topological polar surface area (TPSA) is 67.6 Å². The Hall–Kier alpha value is -3.19. The fourth-order valence-electron chi connectivity index (χ4n) is 3.46. The van der Waals surface area contributed by atoms with Gasteiger partial charge in [-0.1, -0.05) is 48.5 Å². The largest absolute Gasteiger partial charge is 0.268 e. The monoisotopic (exact) mass is 376 g/mol. The molecule has 0 saturated heterocycles. The molecule has 7 heteroatoms. The first-order valence-corrected chi connectivity index (χ1v) is 10.0. The molecule has 5 rings (SSSR count). The van der Waals surface area contributed by atoms with Gasteiger partial charge in [0, 0.05) is 11.6 Å². The lowest BCUT2D eigenvalue weighted by molar-refractivity contribution is 0.588. The average molecular weight is 376 g/mol. The maximum atomic E-state index is 13.5. The Morgan fingerprint density at radius 3 is 2.56 bits per heavy atom. The van der Waals surface area contributed by atoms with Crippen LogP contribution in [0.15, 0.2) is 71.8 Å². The van der Waals surface area contributed by atoms with Crippen molar-refractivity contribution in [2.24, 2.45) is 0 Å². The number of fused-ring (bicyclic) bond motifs is 4. The van der Waals surface area contributed by atoms with E-state index in [9.17, 15) is 8.42 Å². The van der Waals surface area contributed by atoms with E-state index in [-0.39, 0.29) is 11.4 Å². The Labute approximate surface area is 156 Å². The minimum Gasteiger partial charge on any atom is -0.261 e. The highest BCUT2D eigenvalue weighted by atomic mass is 32.2. The van der Waals surface area contributed by atoms with Crippen LogP contribution in [0.2, 0.25) is 0 Å². The fraction of sp³-hybridized carbons (Fsp3) is 0.100. The summed E-state index contributed by atoms with van der Waals surface area (Å²) < 4.78 is 29.9. The maximum Gasteiger partial charge on any atom is 0.268 e. The molecule has 0 bridgehead atoms. The van der Waals surface area contributed by atoms with E-state index >= 15 is 0 Å². The second-order valence-corrected chi connectivity index (χ2v) is 8.39. The smallest absolute Gasteiger partial charge is 0.261 e. The Morgan fingerprint density at radius 1 is 1.00 bits per heavy atom. The number of hydrogen-bond donors (Lipinski definition) is 0. The van der Waals surface area contributed by atoms with Crippen LogP contribution in [0, 0.1) is 6.92 Å². The molecule has 27 heavy (non-hydrogen) atoms. The Balaban J connectivity index is 1.78. The highest BCUT2D eigenvalue weighted by Crippen LogP contribution is 2.42. The zero-order chi connectivity index (χ0) is 18.6. The van der Waals surface area contributed by atoms with Crippen LogP contribution in [0.25, 0.3) is 16.9 Å². The lowest BCUT2D eigenvalue weighted by atomic mass is 10.1. The van der Waals surface area contributed by atoms with Gasteiger partial charge in [0.2, 0.25) is 0 Å². The molecule has 4 aromatic rings. The van der Waals surface area contributed by atoms with E-state index in [4.69, 9.17) is 0 Å². The van der Waals surface area contributed by atoms with Gasteiger partial charge in [0.05, 0.1) is 29.8 Å². The molecule has 0 N–H and O–H groups in total. The summed E-state index contributed by atoms with van der Waals surface area (Å²) in [5.74, 6) is 0. The van der Waals surface area contributed by atoms with Crippen LogP contribution in [0.4, 0.5) is 5.69 Å². The number of para-hydroxylation sites is 1. The molecule has 1 aliphatic rings. The third-order valence-electron chi connectivity index (χ3n) is 4.70. The number of aryl methyl sites for hydroxylation is 1. The van der Waals surface area contributed by atoms with Gasteiger partial charge in [-0.3, -0.25) is 4.31 Å². The van der Waals surface area contributed by atoms with E-state index in [0.717, 1.165) is 16.8 Å². The Kier molecular flexibility index (Phi) is 3.35. The van der Waals surface area contributed by atoms with Crippen LogP contribution in [-0.2, 0) is 16.6 Å². The Bertz CT molecular complexity index is 1280. The van der Waals surface area contributed by atoms with Crippen molar-refractivity contribution >= 4 is 21.4 Å². The standard InChI is InChI=1S/C20H16N4O2S/c1-14-11-19-21-20-16-9-5-6-10-17(16)24(12-15-7-3-2-4-8-15)27(25,26)18(20)13-23(19)22-14/h2-11,13H,12H2,1H3. The van der Waals surface area contributed by atoms with Crippen LogP contribution in [-0.4, -0.2) is 23.0 Å². The molecule has 134 valence electrons. The van der Waals surface area contributed by atoms with Crippen LogP contribution in [0.3, 0.4) is 0 Å². The number of hydrogen-bond acceptors (Lipinski definition) is 4. The van der Waals surface area contributed by atoms with Gasteiger partial charge in [0.15, 0.2) is 5.65 Å². The Morgan fingerprint density at radius 2 is 1.74 bits per heavy atom. The molecule has 2 aromatic carbocycles. The van der Waals surface area contributed by atoms with Crippen LogP contribution in [0.5, 0.6) is 0 Å². The van der Waals surface area contributed by atoms with Crippen molar-refractivity contribution in [1.82, 2.24) is 14.6 Å². The molecule has 0 spiro atoms. The third kappa shape index (κ3) is 2.43. The van der Waals surface area contributed by atoms with E-state index in [1.54, 1.807) is 6.20 Å². The van der Waals surface area contributed by atoms with Crippen LogP contribution < -0.4 is 4.31 Å².